The molecule has 0 radical (unpaired) electrons. The van der Waals surface area contributed by atoms with Gasteiger partial charge in [0.25, 0.3) is 0 Å². The summed E-state index contributed by atoms with van der Waals surface area (Å²) in [5.74, 6) is 1.33. The zero-order valence-electron chi connectivity index (χ0n) is 10.2. The van der Waals surface area contributed by atoms with Gasteiger partial charge in [-0.3, -0.25) is 0 Å². The summed E-state index contributed by atoms with van der Waals surface area (Å²) in [6.07, 6.45) is 4.35. The van der Waals surface area contributed by atoms with E-state index in [-0.39, 0.29) is 12.1 Å². The molecule has 1 aromatic heterocycles. The van der Waals surface area contributed by atoms with E-state index in [4.69, 9.17) is 4.42 Å². The Kier molecular flexibility index (Phi) is 4.65. The summed E-state index contributed by atoms with van der Waals surface area (Å²) in [7, 11) is 0. The van der Waals surface area contributed by atoms with E-state index in [1.165, 1.54) is 12.8 Å². The number of aliphatic hydroxyl groups excluding tert-OH is 1. The molecule has 3 unspecified atom stereocenters. The maximum atomic E-state index is 9.89. The van der Waals surface area contributed by atoms with Crippen molar-refractivity contribution in [3.63, 3.8) is 0 Å². The number of aliphatic hydroxyl groups is 1. The number of hydrogen-bond donors (Lipinski definition) is 2. The third-order valence-corrected chi connectivity index (χ3v) is 4.00. The van der Waals surface area contributed by atoms with Gasteiger partial charge in [0, 0.05) is 6.54 Å². The van der Waals surface area contributed by atoms with Crippen LogP contribution in [0.1, 0.15) is 44.4 Å². The summed E-state index contributed by atoms with van der Waals surface area (Å²) in [6, 6.07) is 4.07. The Morgan fingerprint density at radius 3 is 2.88 bits per heavy atom. The Labute approximate surface area is 111 Å². The summed E-state index contributed by atoms with van der Waals surface area (Å²) in [5, 5.41) is 13.3. The first-order chi connectivity index (χ1) is 8.16. The van der Waals surface area contributed by atoms with Crippen molar-refractivity contribution >= 4 is 15.9 Å². The highest BCUT2D eigenvalue weighted by molar-refractivity contribution is 9.10. The van der Waals surface area contributed by atoms with Crippen LogP contribution in [-0.4, -0.2) is 17.8 Å². The van der Waals surface area contributed by atoms with Gasteiger partial charge in [-0.05, 0) is 53.7 Å². The molecule has 0 spiro atoms. The van der Waals surface area contributed by atoms with Gasteiger partial charge in [-0.25, -0.2) is 0 Å². The molecule has 3 nitrogen and oxygen atoms in total. The molecule has 1 fully saturated rings. The van der Waals surface area contributed by atoms with Crippen molar-refractivity contribution < 1.29 is 9.52 Å². The van der Waals surface area contributed by atoms with Crippen molar-refractivity contribution in [2.45, 2.75) is 44.8 Å². The molecule has 0 aromatic carbocycles. The molecule has 0 bridgehead atoms. The SMILES string of the molecule is CC(NCC1CCCCC1O)c1ccc(Br)o1. The summed E-state index contributed by atoms with van der Waals surface area (Å²) in [4.78, 5) is 0. The largest absolute Gasteiger partial charge is 0.453 e. The molecule has 2 rings (SSSR count). The standard InChI is InChI=1S/C13H20BrNO2/c1-9(12-6-7-13(14)17-12)15-8-10-4-2-3-5-11(10)16/h6-7,9-11,15-16H,2-5,8H2,1H3. The minimum Gasteiger partial charge on any atom is -0.453 e. The molecular formula is C13H20BrNO2. The summed E-state index contributed by atoms with van der Waals surface area (Å²) >= 11 is 3.30. The first-order valence-electron chi connectivity index (χ1n) is 6.33. The zero-order valence-corrected chi connectivity index (χ0v) is 11.7. The highest BCUT2D eigenvalue weighted by Gasteiger charge is 2.23. The van der Waals surface area contributed by atoms with Crippen LogP contribution in [0.25, 0.3) is 0 Å². The summed E-state index contributed by atoms with van der Waals surface area (Å²) in [5.41, 5.74) is 0. The molecule has 96 valence electrons. The van der Waals surface area contributed by atoms with Gasteiger partial charge in [-0.15, -0.1) is 0 Å². The molecule has 4 heteroatoms. The van der Waals surface area contributed by atoms with Crippen molar-refractivity contribution in [3.05, 3.63) is 22.6 Å². The first-order valence-corrected chi connectivity index (χ1v) is 7.13. The van der Waals surface area contributed by atoms with Gasteiger partial charge >= 0.3 is 0 Å². The molecule has 1 aliphatic carbocycles. The Hall–Kier alpha value is -0.320. The van der Waals surface area contributed by atoms with Gasteiger partial charge in [0.15, 0.2) is 4.67 Å². The van der Waals surface area contributed by atoms with E-state index in [1.807, 2.05) is 12.1 Å². The number of halogens is 1. The van der Waals surface area contributed by atoms with E-state index < -0.39 is 0 Å². The van der Waals surface area contributed by atoms with Crippen molar-refractivity contribution in [1.29, 1.82) is 0 Å². The highest BCUT2D eigenvalue weighted by Crippen LogP contribution is 2.25. The third kappa shape index (κ3) is 3.57. The van der Waals surface area contributed by atoms with E-state index >= 15 is 0 Å². The normalized spacial score (nSPS) is 27.0. The van der Waals surface area contributed by atoms with Gasteiger partial charge < -0.3 is 14.8 Å². The van der Waals surface area contributed by atoms with Crippen molar-refractivity contribution in [2.75, 3.05) is 6.54 Å². The quantitative estimate of drug-likeness (QED) is 0.897. The number of furan rings is 1. The van der Waals surface area contributed by atoms with Crippen molar-refractivity contribution in [3.8, 4) is 0 Å². The Bertz CT molecular complexity index is 353. The minimum atomic E-state index is -0.133. The molecule has 0 saturated heterocycles. The Morgan fingerprint density at radius 2 is 2.24 bits per heavy atom. The Balaban J connectivity index is 1.81. The van der Waals surface area contributed by atoms with E-state index in [0.717, 1.165) is 29.8 Å². The van der Waals surface area contributed by atoms with Crippen LogP contribution in [0.15, 0.2) is 21.2 Å². The van der Waals surface area contributed by atoms with Gasteiger partial charge in [0.05, 0.1) is 12.1 Å². The highest BCUT2D eigenvalue weighted by atomic mass is 79.9. The average molecular weight is 302 g/mol. The van der Waals surface area contributed by atoms with Gasteiger partial charge in [0.1, 0.15) is 5.76 Å². The molecule has 2 N–H and O–H groups in total. The van der Waals surface area contributed by atoms with Crippen molar-refractivity contribution in [2.24, 2.45) is 5.92 Å². The second-order valence-corrected chi connectivity index (χ2v) is 5.67. The number of hydrogen-bond acceptors (Lipinski definition) is 3. The minimum absolute atomic E-state index is 0.133. The van der Waals surface area contributed by atoms with Crippen LogP contribution in [0.5, 0.6) is 0 Å². The van der Waals surface area contributed by atoms with E-state index in [0.29, 0.717) is 5.92 Å². The lowest BCUT2D eigenvalue weighted by Gasteiger charge is -2.28. The molecule has 17 heavy (non-hydrogen) atoms. The lowest BCUT2D eigenvalue weighted by Crippen LogP contribution is -2.34. The second-order valence-electron chi connectivity index (χ2n) is 4.88. The molecule has 1 aliphatic rings. The predicted octanol–water partition coefficient (Wildman–Crippen LogP) is 3.24. The van der Waals surface area contributed by atoms with Crippen LogP contribution in [0.2, 0.25) is 0 Å². The lowest BCUT2D eigenvalue weighted by atomic mass is 9.86. The Morgan fingerprint density at radius 1 is 1.47 bits per heavy atom. The summed E-state index contributed by atoms with van der Waals surface area (Å²) < 4.78 is 6.27. The van der Waals surface area contributed by atoms with Gasteiger partial charge in [-0.1, -0.05) is 12.8 Å². The monoisotopic (exact) mass is 301 g/mol. The maximum absolute atomic E-state index is 9.89. The fourth-order valence-electron chi connectivity index (χ4n) is 2.42. The van der Waals surface area contributed by atoms with Gasteiger partial charge in [-0.2, -0.15) is 0 Å². The molecule has 1 aromatic rings. The van der Waals surface area contributed by atoms with Gasteiger partial charge in [0.2, 0.25) is 0 Å². The fourth-order valence-corrected chi connectivity index (χ4v) is 2.74. The molecule has 0 amide bonds. The van der Waals surface area contributed by atoms with Crippen LogP contribution >= 0.6 is 15.9 Å². The van der Waals surface area contributed by atoms with Crippen molar-refractivity contribution in [1.82, 2.24) is 5.32 Å². The van der Waals surface area contributed by atoms with Crippen LogP contribution < -0.4 is 5.32 Å². The molecule has 1 heterocycles. The second kappa shape index (κ2) is 6.03. The third-order valence-electron chi connectivity index (χ3n) is 3.58. The topological polar surface area (TPSA) is 45.4 Å². The summed E-state index contributed by atoms with van der Waals surface area (Å²) in [6.45, 7) is 2.95. The average Bonchev–Trinajstić information content (AvgIpc) is 2.74. The van der Waals surface area contributed by atoms with Crippen LogP contribution in [0, 0.1) is 5.92 Å². The van der Waals surface area contributed by atoms with E-state index in [9.17, 15) is 5.11 Å². The first kappa shape index (κ1) is 13.1. The van der Waals surface area contributed by atoms with E-state index in [2.05, 4.69) is 28.2 Å². The number of rotatable bonds is 4. The smallest absolute Gasteiger partial charge is 0.169 e. The number of nitrogens with one attached hydrogen (secondary N) is 1. The molecule has 1 saturated carbocycles. The lowest BCUT2D eigenvalue weighted by molar-refractivity contribution is 0.0680. The van der Waals surface area contributed by atoms with Crippen LogP contribution in [0.3, 0.4) is 0 Å². The van der Waals surface area contributed by atoms with E-state index in [1.54, 1.807) is 0 Å². The molecule has 3 atom stereocenters. The van der Waals surface area contributed by atoms with Crippen LogP contribution in [0.4, 0.5) is 0 Å². The fraction of sp³-hybridized carbons (Fsp3) is 0.692. The zero-order chi connectivity index (χ0) is 12.3. The maximum Gasteiger partial charge on any atom is 0.169 e. The molecule has 0 aliphatic heterocycles. The predicted molar refractivity (Wildman–Crippen MR) is 70.8 cm³/mol. The molecular weight excluding hydrogens is 282 g/mol. The van der Waals surface area contributed by atoms with Crippen LogP contribution in [-0.2, 0) is 0 Å².